The molecule has 0 radical (unpaired) electrons. The van der Waals surface area contributed by atoms with Crippen molar-refractivity contribution in [3.63, 3.8) is 0 Å². The van der Waals surface area contributed by atoms with E-state index in [1.54, 1.807) is 13.0 Å². The van der Waals surface area contributed by atoms with Crippen LogP contribution in [0.5, 0.6) is 5.75 Å². The van der Waals surface area contributed by atoms with Crippen molar-refractivity contribution in [2.24, 2.45) is 0 Å². The maximum absolute atomic E-state index is 12.0. The molecular formula is C13H14N2O5. The van der Waals surface area contributed by atoms with E-state index in [0.717, 1.165) is 0 Å². The number of fused-ring (bicyclic) bond motifs is 1. The summed E-state index contributed by atoms with van der Waals surface area (Å²) < 4.78 is 5.17. The molecule has 1 aromatic carbocycles. The molecule has 106 valence electrons. The van der Waals surface area contributed by atoms with Crippen LogP contribution in [0.2, 0.25) is 0 Å². The van der Waals surface area contributed by atoms with Crippen LogP contribution in [-0.2, 0) is 9.59 Å². The van der Waals surface area contributed by atoms with Crippen LogP contribution >= 0.6 is 0 Å². The molecule has 2 rings (SSSR count). The summed E-state index contributed by atoms with van der Waals surface area (Å²) in [6.07, 6.45) is 0.284. The average Bonchev–Trinajstić information content (AvgIpc) is 2.43. The van der Waals surface area contributed by atoms with E-state index in [0.29, 0.717) is 11.4 Å². The summed E-state index contributed by atoms with van der Waals surface area (Å²) in [7, 11) is 0. The van der Waals surface area contributed by atoms with E-state index in [-0.39, 0.29) is 24.5 Å². The molecule has 7 nitrogen and oxygen atoms in total. The minimum Gasteiger partial charge on any atom is -0.482 e. The Morgan fingerprint density at radius 1 is 1.50 bits per heavy atom. The lowest BCUT2D eigenvalue weighted by Crippen LogP contribution is -2.40. The van der Waals surface area contributed by atoms with Crippen molar-refractivity contribution in [1.82, 2.24) is 5.32 Å². The molecule has 3 N–H and O–H groups in total. The van der Waals surface area contributed by atoms with Crippen molar-refractivity contribution in [2.75, 3.05) is 11.9 Å². The second-order valence-corrected chi connectivity index (χ2v) is 4.32. The highest BCUT2D eigenvalue weighted by molar-refractivity contribution is 6.00. The van der Waals surface area contributed by atoms with Gasteiger partial charge in [0.2, 0.25) is 0 Å². The second kappa shape index (κ2) is 5.60. The van der Waals surface area contributed by atoms with Crippen LogP contribution < -0.4 is 15.4 Å². The van der Waals surface area contributed by atoms with Crippen LogP contribution in [0.4, 0.5) is 5.69 Å². The van der Waals surface area contributed by atoms with Crippen LogP contribution in [-0.4, -0.2) is 35.5 Å². The number of anilines is 1. The van der Waals surface area contributed by atoms with Gasteiger partial charge in [-0.1, -0.05) is 6.92 Å². The van der Waals surface area contributed by atoms with Gasteiger partial charge in [-0.3, -0.25) is 9.59 Å². The zero-order valence-corrected chi connectivity index (χ0v) is 10.8. The summed E-state index contributed by atoms with van der Waals surface area (Å²) in [5, 5.41) is 13.9. The minimum atomic E-state index is -1.09. The molecule has 1 unspecified atom stereocenters. The summed E-state index contributed by atoms with van der Waals surface area (Å²) in [5.41, 5.74) is 0.659. The van der Waals surface area contributed by atoms with Gasteiger partial charge in [-0.05, 0) is 24.6 Å². The number of amides is 2. The van der Waals surface area contributed by atoms with Gasteiger partial charge in [0.05, 0.1) is 5.69 Å². The molecule has 1 aliphatic heterocycles. The SMILES string of the molecule is CCC(NC(=O)c1ccc2c(c1)NC(=O)CO2)C(=O)O. The van der Waals surface area contributed by atoms with E-state index < -0.39 is 17.9 Å². The van der Waals surface area contributed by atoms with E-state index >= 15 is 0 Å². The summed E-state index contributed by atoms with van der Waals surface area (Å²) in [6.45, 7) is 1.61. The quantitative estimate of drug-likeness (QED) is 0.748. The van der Waals surface area contributed by atoms with Gasteiger partial charge in [0, 0.05) is 5.56 Å². The van der Waals surface area contributed by atoms with Crippen LogP contribution in [0.1, 0.15) is 23.7 Å². The van der Waals surface area contributed by atoms with Crippen molar-refractivity contribution in [1.29, 1.82) is 0 Å². The van der Waals surface area contributed by atoms with Crippen LogP contribution in [0.25, 0.3) is 0 Å². The zero-order valence-electron chi connectivity index (χ0n) is 10.8. The number of carboxylic acid groups (broad SMARTS) is 1. The number of hydrogen-bond donors (Lipinski definition) is 3. The van der Waals surface area contributed by atoms with Crippen LogP contribution in [0, 0.1) is 0 Å². The van der Waals surface area contributed by atoms with Crippen LogP contribution in [0.15, 0.2) is 18.2 Å². The molecular weight excluding hydrogens is 264 g/mol. The predicted molar refractivity (Wildman–Crippen MR) is 69.7 cm³/mol. The number of nitrogens with one attached hydrogen (secondary N) is 2. The number of rotatable bonds is 4. The monoisotopic (exact) mass is 278 g/mol. The smallest absolute Gasteiger partial charge is 0.326 e. The fourth-order valence-corrected chi connectivity index (χ4v) is 1.80. The third-order valence-electron chi connectivity index (χ3n) is 2.89. The summed E-state index contributed by atoms with van der Waals surface area (Å²) in [5.74, 6) is -1.42. The Labute approximate surface area is 114 Å². The molecule has 0 bridgehead atoms. The highest BCUT2D eigenvalue weighted by atomic mass is 16.5. The van der Waals surface area contributed by atoms with E-state index in [4.69, 9.17) is 9.84 Å². The topological polar surface area (TPSA) is 105 Å². The number of ether oxygens (including phenoxy) is 1. The summed E-state index contributed by atoms with van der Waals surface area (Å²) in [4.78, 5) is 34.0. The molecule has 0 aliphatic carbocycles. The fourth-order valence-electron chi connectivity index (χ4n) is 1.80. The molecule has 1 heterocycles. The zero-order chi connectivity index (χ0) is 14.7. The van der Waals surface area contributed by atoms with Crippen molar-refractivity contribution >= 4 is 23.5 Å². The van der Waals surface area contributed by atoms with Gasteiger partial charge in [0.15, 0.2) is 6.61 Å². The number of carbonyl (C=O) groups excluding carboxylic acids is 2. The Balaban J connectivity index is 2.17. The van der Waals surface area contributed by atoms with Gasteiger partial charge in [0.25, 0.3) is 11.8 Å². The van der Waals surface area contributed by atoms with E-state index in [2.05, 4.69) is 10.6 Å². The molecule has 0 saturated carbocycles. The summed E-state index contributed by atoms with van der Waals surface area (Å²) >= 11 is 0. The molecule has 7 heteroatoms. The highest BCUT2D eigenvalue weighted by Crippen LogP contribution is 2.28. The number of carbonyl (C=O) groups is 3. The molecule has 0 spiro atoms. The molecule has 0 aromatic heterocycles. The van der Waals surface area contributed by atoms with Crippen molar-refractivity contribution in [3.8, 4) is 5.75 Å². The van der Waals surface area contributed by atoms with E-state index in [9.17, 15) is 14.4 Å². The first kappa shape index (κ1) is 13.9. The van der Waals surface area contributed by atoms with Crippen LogP contribution in [0.3, 0.4) is 0 Å². The largest absolute Gasteiger partial charge is 0.482 e. The number of carboxylic acids is 1. The first-order valence-electron chi connectivity index (χ1n) is 6.11. The van der Waals surface area contributed by atoms with Crippen molar-refractivity contribution in [2.45, 2.75) is 19.4 Å². The minimum absolute atomic E-state index is 0.0601. The van der Waals surface area contributed by atoms with Gasteiger partial charge < -0.3 is 20.5 Å². The molecule has 2 amide bonds. The number of aliphatic carboxylic acids is 1. The Kier molecular flexibility index (Phi) is 3.88. The lowest BCUT2D eigenvalue weighted by atomic mass is 10.1. The Hall–Kier alpha value is -2.57. The van der Waals surface area contributed by atoms with Gasteiger partial charge in [0.1, 0.15) is 11.8 Å². The molecule has 1 atom stereocenters. The van der Waals surface area contributed by atoms with Gasteiger partial charge in [-0.25, -0.2) is 4.79 Å². The average molecular weight is 278 g/mol. The fraction of sp³-hybridized carbons (Fsp3) is 0.308. The van der Waals surface area contributed by atoms with E-state index in [1.165, 1.54) is 12.1 Å². The standard InChI is InChI=1S/C13H14N2O5/c1-2-8(13(18)19)15-12(17)7-3-4-10-9(5-7)14-11(16)6-20-10/h3-5,8H,2,6H2,1H3,(H,14,16)(H,15,17)(H,18,19). The first-order valence-corrected chi connectivity index (χ1v) is 6.11. The number of benzene rings is 1. The second-order valence-electron chi connectivity index (χ2n) is 4.32. The van der Waals surface area contributed by atoms with E-state index in [1.807, 2.05) is 0 Å². The number of hydrogen-bond acceptors (Lipinski definition) is 4. The predicted octanol–water partition coefficient (Wildman–Crippen LogP) is 0.610. The third-order valence-corrected chi connectivity index (χ3v) is 2.89. The first-order chi connectivity index (χ1) is 9.51. The molecule has 20 heavy (non-hydrogen) atoms. The van der Waals surface area contributed by atoms with Gasteiger partial charge in [-0.2, -0.15) is 0 Å². The highest BCUT2D eigenvalue weighted by Gasteiger charge is 2.21. The Bertz CT molecular complexity index is 570. The normalized spacial score (nSPS) is 14.6. The maximum atomic E-state index is 12.0. The maximum Gasteiger partial charge on any atom is 0.326 e. The lowest BCUT2D eigenvalue weighted by Gasteiger charge is -2.19. The Morgan fingerprint density at radius 3 is 2.90 bits per heavy atom. The molecule has 0 fully saturated rings. The van der Waals surface area contributed by atoms with Gasteiger partial charge in [-0.15, -0.1) is 0 Å². The van der Waals surface area contributed by atoms with Crippen molar-refractivity contribution < 1.29 is 24.2 Å². The molecule has 0 saturated heterocycles. The Morgan fingerprint density at radius 2 is 2.25 bits per heavy atom. The summed E-state index contributed by atoms with van der Waals surface area (Å²) in [6, 6.07) is 3.59. The lowest BCUT2D eigenvalue weighted by molar-refractivity contribution is -0.139. The molecule has 1 aromatic rings. The molecule has 1 aliphatic rings. The van der Waals surface area contributed by atoms with Crippen molar-refractivity contribution in [3.05, 3.63) is 23.8 Å². The third kappa shape index (κ3) is 2.87. The van der Waals surface area contributed by atoms with Gasteiger partial charge >= 0.3 is 5.97 Å².